The Kier molecular flexibility index (Phi) is 3.84. The molecule has 114 valence electrons. The van der Waals surface area contributed by atoms with Gasteiger partial charge in [0.1, 0.15) is 5.69 Å². The van der Waals surface area contributed by atoms with E-state index in [1.165, 1.54) is 0 Å². The van der Waals surface area contributed by atoms with Crippen LogP contribution >= 0.6 is 0 Å². The number of hydrogen-bond acceptors (Lipinski definition) is 5. The number of amides is 1. The van der Waals surface area contributed by atoms with Crippen LogP contribution in [-0.4, -0.2) is 54.8 Å². The number of sulfone groups is 1. The molecule has 0 spiro atoms. The molecule has 7 heteroatoms. The van der Waals surface area contributed by atoms with Crippen LogP contribution in [0.3, 0.4) is 0 Å². The van der Waals surface area contributed by atoms with E-state index in [0.29, 0.717) is 12.1 Å². The average Bonchev–Trinajstić information content (AvgIpc) is 3.09. The molecule has 0 aromatic carbocycles. The van der Waals surface area contributed by atoms with E-state index in [1.54, 1.807) is 18.3 Å². The molecule has 1 atom stereocenters. The van der Waals surface area contributed by atoms with Gasteiger partial charge in [-0.05, 0) is 31.4 Å². The number of anilines is 1. The Balaban J connectivity index is 1.63. The van der Waals surface area contributed by atoms with Crippen LogP contribution in [-0.2, 0) is 9.84 Å². The predicted molar refractivity (Wildman–Crippen MR) is 80.1 cm³/mol. The molecular formula is C14H19N3O3S. The topological polar surface area (TPSA) is 79.4 Å². The zero-order chi connectivity index (χ0) is 14.9. The van der Waals surface area contributed by atoms with Crippen molar-refractivity contribution < 1.29 is 13.2 Å². The molecule has 1 N–H and O–H groups in total. The maximum absolute atomic E-state index is 12.2. The van der Waals surface area contributed by atoms with E-state index in [2.05, 4.69) is 10.3 Å². The lowest BCUT2D eigenvalue weighted by atomic mass is 10.2. The van der Waals surface area contributed by atoms with Crippen molar-refractivity contribution in [3.05, 3.63) is 24.0 Å². The Bertz CT molecular complexity index is 621. The Morgan fingerprint density at radius 1 is 1.29 bits per heavy atom. The number of carbonyl (C=O) groups excluding carboxylic acids is 1. The minimum absolute atomic E-state index is 0.0255. The molecule has 1 amide bonds. The van der Waals surface area contributed by atoms with Gasteiger partial charge in [-0.2, -0.15) is 0 Å². The molecular weight excluding hydrogens is 290 g/mol. The number of rotatable bonds is 3. The molecule has 2 saturated heterocycles. The maximum atomic E-state index is 12.2. The van der Waals surface area contributed by atoms with Gasteiger partial charge in [-0.3, -0.25) is 4.79 Å². The van der Waals surface area contributed by atoms with Gasteiger partial charge in [0.15, 0.2) is 9.84 Å². The number of hydrogen-bond donors (Lipinski definition) is 1. The highest BCUT2D eigenvalue weighted by atomic mass is 32.2. The van der Waals surface area contributed by atoms with Gasteiger partial charge in [-0.25, -0.2) is 13.4 Å². The highest BCUT2D eigenvalue weighted by Crippen LogP contribution is 2.18. The summed E-state index contributed by atoms with van der Waals surface area (Å²) < 4.78 is 22.8. The lowest BCUT2D eigenvalue weighted by molar-refractivity contribution is 0.0787. The molecule has 6 nitrogen and oxygen atoms in total. The van der Waals surface area contributed by atoms with E-state index in [9.17, 15) is 13.2 Å². The summed E-state index contributed by atoms with van der Waals surface area (Å²) in [5.74, 6) is 0.382. The van der Waals surface area contributed by atoms with Crippen LogP contribution in [0.2, 0.25) is 0 Å². The van der Waals surface area contributed by atoms with Gasteiger partial charge in [0.05, 0.1) is 23.4 Å². The average molecular weight is 309 g/mol. The summed E-state index contributed by atoms with van der Waals surface area (Å²) in [4.78, 5) is 18.2. The van der Waals surface area contributed by atoms with Crippen LogP contribution in [0.25, 0.3) is 0 Å². The van der Waals surface area contributed by atoms with Gasteiger partial charge in [0.25, 0.3) is 5.91 Å². The fourth-order valence-electron chi connectivity index (χ4n) is 2.83. The molecule has 21 heavy (non-hydrogen) atoms. The second-order valence-corrected chi connectivity index (χ2v) is 7.90. The summed E-state index contributed by atoms with van der Waals surface area (Å²) >= 11 is 0. The predicted octanol–water partition coefficient (Wildman–Crippen LogP) is 0.917. The molecule has 3 rings (SSSR count). The summed E-state index contributed by atoms with van der Waals surface area (Å²) in [5, 5.41) is 3.17. The van der Waals surface area contributed by atoms with E-state index in [-0.39, 0.29) is 23.5 Å². The SMILES string of the molecule is O=C(c1ccc(NC2CCS(=O)(=O)C2)cn1)N1CCCC1. The second kappa shape index (κ2) is 5.63. The van der Waals surface area contributed by atoms with Crippen molar-refractivity contribution in [2.24, 2.45) is 0 Å². The molecule has 0 radical (unpaired) electrons. The molecule has 2 aliphatic rings. The number of nitrogens with one attached hydrogen (secondary N) is 1. The van der Waals surface area contributed by atoms with Gasteiger partial charge < -0.3 is 10.2 Å². The first-order valence-corrected chi connectivity index (χ1v) is 9.08. The maximum Gasteiger partial charge on any atom is 0.272 e. The van der Waals surface area contributed by atoms with Crippen LogP contribution in [0, 0.1) is 0 Å². The van der Waals surface area contributed by atoms with Crippen LogP contribution < -0.4 is 5.32 Å². The van der Waals surface area contributed by atoms with E-state index >= 15 is 0 Å². The van der Waals surface area contributed by atoms with Crippen molar-refractivity contribution in [2.45, 2.75) is 25.3 Å². The Morgan fingerprint density at radius 3 is 2.62 bits per heavy atom. The normalized spacial score (nSPS) is 24.2. The van der Waals surface area contributed by atoms with Gasteiger partial charge in [0, 0.05) is 19.1 Å². The first kappa shape index (κ1) is 14.3. The smallest absolute Gasteiger partial charge is 0.272 e. The van der Waals surface area contributed by atoms with Crippen LogP contribution in [0.4, 0.5) is 5.69 Å². The van der Waals surface area contributed by atoms with Crippen LogP contribution in [0.1, 0.15) is 29.8 Å². The van der Waals surface area contributed by atoms with Crippen LogP contribution in [0.5, 0.6) is 0 Å². The monoisotopic (exact) mass is 309 g/mol. The number of nitrogens with zero attached hydrogens (tertiary/aromatic N) is 2. The van der Waals surface area contributed by atoms with Gasteiger partial charge in [-0.1, -0.05) is 0 Å². The molecule has 1 unspecified atom stereocenters. The number of likely N-dealkylation sites (tertiary alicyclic amines) is 1. The Morgan fingerprint density at radius 2 is 2.05 bits per heavy atom. The van der Waals surface area contributed by atoms with E-state index in [1.807, 2.05) is 4.90 Å². The highest BCUT2D eigenvalue weighted by Gasteiger charge is 2.27. The first-order chi connectivity index (χ1) is 10.0. The fourth-order valence-corrected chi connectivity index (χ4v) is 4.51. The van der Waals surface area contributed by atoms with Gasteiger partial charge in [-0.15, -0.1) is 0 Å². The molecule has 3 heterocycles. The van der Waals surface area contributed by atoms with Crippen molar-refractivity contribution in [1.82, 2.24) is 9.88 Å². The zero-order valence-corrected chi connectivity index (χ0v) is 12.6. The number of pyridine rings is 1. The van der Waals surface area contributed by atoms with Crippen molar-refractivity contribution in [2.75, 3.05) is 29.9 Å². The van der Waals surface area contributed by atoms with E-state index in [0.717, 1.165) is 31.6 Å². The molecule has 1 aromatic rings. The molecule has 0 bridgehead atoms. The van der Waals surface area contributed by atoms with Crippen molar-refractivity contribution >= 4 is 21.4 Å². The largest absolute Gasteiger partial charge is 0.380 e. The number of aromatic nitrogens is 1. The molecule has 0 aliphatic carbocycles. The van der Waals surface area contributed by atoms with Gasteiger partial charge >= 0.3 is 0 Å². The summed E-state index contributed by atoms with van der Waals surface area (Å²) in [6.07, 6.45) is 4.34. The van der Waals surface area contributed by atoms with Gasteiger partial charge in [0.2, 0.25) is 0 Å². The lowest BCUT2D eigenvalue weighted by Crippen LogP contribution is -2.28. The molecule has 2 fully saturated rings. The minimum Gasteiger partial charge on any atom is -0.380 e. The summed E-state index contributed by atoms with van der Waals surface area (Å²) in [5.41, 5.74) is 1.21. The third-order valence-electron chi connectivity index (χ3n) is 3.98. The van der Waals surface area contributed by atoms with Crippen molar-refractivity contribution in [3.63, 3.8) is 0 Å². The summed E-state index contributed by atoms with van der Waals surface area (Å²) in [7, 11) is -2.89. The third kappa shape index (κ3) is 3.34. The quantitative estimate of drug-likeness (QED) is 0.898. The van der Waals surface area contributed by atoms with E-state index < -0.39 is 9.84 Å². The van der Waals surface area contributed by atoms with Crippen LogP contribution in [0.15, 0.2) is 18.3 Å². The second-order valence-electron chi connectivity index (χ2n) is 5.68. The van der Waals surface area contributed by atoms with Crippen molar-refractivity contribution in [3.8, 4) is 0 Å². The minimum atomic E-state index is -2.89. The number of carbonyl (C=O) groups is 1. The highest BCUT2D eigenvalue weighted by molar-refractivity contribution is 7.91. The molecule has 2 aliphatic heterocycles. The summed E-state index contributed by atoms with van der Waals surface area (Å²) in [6.45, 7) is 1.61. The Labute approximate surface area is 124 Å². The molecule has 1 aromatic heterocycles. The van der Waals surface area contributed by atoms with E-state index in [4.69, 9.17) is 0 Å². The standard InChI is InChI=1S/C14H19N3O3S/c18-14(17-6-1-2-7-17)13-4-3-11(9-15-13)16-12-5-8-21(19,20)10-12/h3-4,9,12,16H,1-2,5-8,10H2. The third-order valence-corrected chi connectivity index (χ3v) is 5.75. The zero-order valence-electron chi connectivity index (χ0n) is 11.8. The first-order valence-electron chi connectivity index (χ1n) is 7.26. The Hall–Kier alpha value is -1.63. The van der Waals surface area contributed by atoms with Crippen molar-refractivity contribution in [1.29, 1.82) is 0 Å². The summed E-state index contributed by atoms with van der Waals surface area (Å²) in [6, 6.07) is 3.44. The fraction of sp³-hybridized carbons (Fsp3) is 0.571. The molecule has 0 saturated carbocycles. The lowest BCUT2D eigenvalue weighted by Gasteiger charge is -2.15.